The number of hydrogen-bond acceptors (Lipinski definition) is 4. The average molecular weight is 369 g/mol. The van der Waals surface area contributed by atoms with Crippen LogP contribution in [0.3, 0.4) is 0 Å². The quantitative estimate of drug-likeness (QED) is 0.579. The second-order valence-corrected chi connectivity index (χ2v) is 7.90. The van der Waals surface area contributed by atoms with Crippen molar-refractivity contribution < 1.29 is 4.79 Å². The number of benzene rings is 2. The van der Waals surface area contributed by atoms with Gasteiger partial charge in [-0.25, -0.2) is 4.98 Å². The molecule has 1 aromatic heterocycles. The van der Waals surface area contributed by atoms with E-state index in [2.05, 4.69) is 49.3 Å². The summed E-state index contributed by atoms with van der Waals surface area (Å²) in [4.78, 5) is 18.2. The Balaban J connectivity index is 1.81. The number of thiazole rings is 1. The molecule has 0 aliphatic rings. The van der Waals surface area contributed by atoms with Gasteiger partial charge in [0.05, 0.1) is 11.3 Å². The molecule has 0 fully saturated rings. The number of nitrogens with zero attached hydrogens (tertiary/aromatic N) is 1. The van der Waals surface area contributed by atoms with Crippen LogP contribution in [0.2, 0.25) is 0 Å². The van der Waals surface area contributed by atoms with Crippen molar-refractivity contribution in [2.45, 2.75) is 25.7 Å². The fourth-order valence-corrected chi connectivity index (χ4v) is 4.16. The molecule has 0 radical (unpaired) electrons. The molecule has 2 aromatic carbocycles. The van der Waals surface area contributed by atoms with Gasteiger partial charge < -0.3 is 0 Å². The Morgan fingerprint density at radius 2 is 2.00 bits per heavy atom. The average Bonchev–Trinajstić information content (AvgIpc) is 3.03. The van der Waals surface area contributed by atoms with E-state index >= 15 is 0 Å². The molecule has 0 saturated heterocycles. The van der Waals surface area contributed by atoms with E-state index in [4.69, 9.17) is 0 Å². The van der Waals surface area contributed by atoms with Crippen molar-refractivity contribution in [3.8, 4) is 11.3 Å². The zero-order valence-corrected chi connectivity index (χ0v) is 16.1. The van der Waals surface area contributed by atoms with Crippen molar-refractivity contribution in [3.63, 3.8) is 0 Å². The maximum Gasteiger partial charge on any atom is 0.258 e. The molecule has 0 aliphatic carbocycles. The molecule has 0 spiro atoms. The van der Waals surface area contributed by atoms with Crippen molar-refractivity contribution in [2.24, 2.45) is 0 Å². The third-order valence-corrected chi connectivity index (χ3v) is 5.53. The van der Waals surface area contributed by atoms with Crippen LogP contribution in [-0.2, 0) is 0 Å². The fourth-order valence-electron chi connectivity index (χ4n) is 2.66. The highest BCUT2D eigenvalue weighted by molar-refractivity contribution is 7.99. The summed E-state index contributed by atoms with van der Waals surface area (Å²) in [6.45, 7) is 6.24. The Bertz CT molecular complexity index is 902. The summed E-state index contributed by atoms with van der Waals surface area (Å²) in [7, 11) is 0. The number of rotatable bonds is 5. The van der Waals surface area contributed by atoms with Crippen LogP contribution in [0.25, 0.3) is 11.3 Å². The Labute approximate surface area is 156 Å². The lowest BCUT2D eigenvalue weighted by Gasteiger charge is -2.07. The van der Waals surface area contributed by atoms with Gasteiger partial charge in [0.2, 0.25) is 0 Å². The van der Waals surface area contributed by atoms with Gasteiger partial charge >= 0.3 is 0 Å². The van der Waals surface area contributed by atoms with Crippen LogP contribution >= 0.6 is 23.1 Å². The minimum atomic E-state index is -0.113. The van der Waals surface area contributed by atoms with Crippen molar-refractivity contribution in [3.05, 3.63) is 64.5 Å². The van der Waals surface area contributed by atoms with Crippen molar-refractivity contribution in [2.75, 3.05) is 11.1 Å². The summed E-state index contributed by atoms with van der Waals surface area (Å²) < 4.78 is 0. The van der Waals surface area contributed by atoms with E-state index < -0.39 is 0 Å². The van der Waals surface area contributed by atoms with Crippen LogP contribution in [0.15, 0.2) is 52.7 Å². The Kier molecular flexibility index (Phi) is 5.56. The summed E-state index contributed by atoms with van der Waals surface area (Å²) in [6.07, 6.45) is 0. The van der Waals surface area contributed by atoms with Crippen LogP contribution in [0.1, 0.15) is 28.4 Å². The molecule has 3 rings (SSSR count). The van der Waals surface area contributed by atoms with E-state index in [9.17, 15) is 4.79 Å². The minimum Gasteiger partial charge on any atom is -0.298 e. The normalized spacial score (nSPS) is 10.7. The molecule has 1 heterocycles. The fraction of sp³-hybridized carbons (Fsp3) is 0.200. The highest BCUT2D eigenvalue weighted by Gasteiger charge is 2.14. The number of amides is 1. The zero-order chi connectivity index (χ0) is 17.8. The van der Waals surface area contributed by atoms with E-state index in [1.807, 2.05) is 29.6 Å². The van der Waals surface area contributed by atoms with E-state index in [0.717, 1.165) is 21.9 Å². The summed E-state index contributed by atoms with van der Waals surface area (Å²) >= 11 is 3.12. The highest BCUT2D eigenvalue weighted by Crippen LogP contribution is 2.29. The second kappa shape index (κ2) is 7.85. The topological polar surface area (TPSA) is 42.0 Å². The van der Waals surface area contributed by atoms with Gasteiger partial charge in [-0.1, -0.05) is 42.8 Å². The molecule has 0 aliphatic heterocycles. The van der Waals surface area contributed by atoms with E-state index in [0.29, 0.717) is 10.7 Å². The number of thioether (sulfide) groups is 1. The molecule has 0 saturated carbocycles. The maximum absolute atomic E-state index is 12.6. The minimum absolute atomic E-state index is 0.113. The second-order valence-electron chi connectivity index (χ2n) is 5.74. The number of carbonyl (C=O) groups is 1. The summed E-state index contributed by atoms with van der Waals surface area (Å²) in [6, 6.07) is 14.0. The molecule has 3 aromatic rings. The van der Waals surface area contributed by atoms with E-state index in [-0.39, 0.29) is 5.91 Å². The molecule has 0 unspecified atom stereocenters. The van der Waals surface area contributed by atoms with Gasteiger partial charge in [-0.15, -0.1) is 23.1 Å². The van der Waals surface area contributed by atoms with Crippen LogP contribution < -0.4 is 5.32 Å². The predicted octanol–water partition coefficient (Wildman–Crippen LogP) is 5.79. The smallest absolute Gasteiger partial charge is 0.258 e. The van der Waals surface area contributed by atoms with Crippen molar-refractivity contribution in [1.82, 2.24) is 4.98 Å². The van der Waals surface area contributed by atoms with Gasteiger partial charge in [-0.05, 0) is 37.3 Å². The largest absolute Gasteiger partial charge is 0.298 e. The molecular weight excluding hydrogens is 348 g/mol. The van der Waals surface area contributed by atoms with Gasteiger partial charge in [0.15, 0.2) is 5.13 Å². The molecule has 0 atom stereocenters. The lowest BCUT2D eigenvalue weighted by Crippen LogP contribution is -2.12. The zero-order valence-electron chi connectivity index (χ0n) is 14.5. The van der Waals surface area contributed by atoms with Gasteiger partial charge in [0, 0.05) is 15.8 Å². The molecule has 1 amide bonds. The first-order valence-electron chi connectivity index (χ1n) is 8.15. The first kappa shape index (κ1) is 17.7. The van der Waals surface area contributed by atoms with Gasteiger partial charge in [0.25, 0.3) is 5.91 Å². The summed E-state index contributed by atoms with van der Waals surface area (Å²) in [5.41, 5.74) is 5.11. The van der Waals surface area contributed by atoms with Crippen LogP contribution in [0.4, 0.5) is 5.13 Å². The predicted molar refractivity (Wildman–Crippen MR) is 108 cm³/mol. The number of hydrogen-bond donors (Lipinski definition) is 1. The maximum atomic E-state index is 12.6. The molecule has 128 valence electrons. The summed E-state index contributed by atoms with van der Waals surface area (Å²) in [5.74, 6) is 0.816. The number of anilines is 1. The van der Waals surface area contributed by atoms with Gasteiger partial charge in [-0.3, -0.25) is 10.1 Å². The van der Waals surface area contributed by atoms with Gasteiger partial charge in [-0.2, -0.15) is 0 Å². The van der Waals surface area contributed by atoms with Crippen LogP contribution in [0, 0.1) is 13.8 Å². The van der Waals surface area contributed by atoms with E-state index in [1.54, 1.807) is 11.8 Å². The standard InChI is InChI=1S/C20H20N2OS2/c1-4-24-18-8-6-5-7-16(18)19(23)22-20-21-17(12-25-20)15-10-9-13(2)11-14(15)3/h5-12H,4H2,1-3H3,(H,21,22,23). The highest BCUT2D eigenvalue weighted by atomic mass is 32.2. The van der Waals surface area contributed by atoms with E-state index in [1.165, 1.54) is 22.5 Å². The van der Waals surface area contributed by atoms with Crippen LogP contribution in [0.5, 0.6) is 0 Å². The molecule has 25 heavy (non-hydrogen) atoms. The molecule has 0 bridgehead atoms. The monoisotopic (exact) mass is 368 g/mol. The molecule has 3 nitrogen and oxygen atoms in total. The first-order valence-corrected chi connectivity index (χ1v) is 10.0. The van der Waals surface area contributed by atoms with Crippen molar-refractivity contribution >= 4 is 34.1 Å². The first-order chi connectivity index (χ1) is 12.1. The molecule has 5 heteroatoms. The summed E-state index contributed by atoms with van der Waals surface area (Å²) in [5, 5.41) is 5.54. The number of aromatic nitrogens is 1. The number of aryl methyl sites for hydroxylation is 2. The molecule has 1 N–H and O–H groups in total. The third kappa shape index (κ3) is 4.11. The Morgan fingerprint density at radius 3 is 2.76 bits per heavy atom. The number of carbonyl (C=O) groups excluding carboxylic acids is 1. The third-order valence-electron chi connectivity index (χ3n) is 3.81. The van der Waals surface area contributed by atoms with Crippen molar-refractivity contribution in [1.29, 1.82) is 0 Å². The van der Waals surface area contributed by atoms with Crippen LogP contribution in [-0.4, -0.2) is 16.6 Å². The SMILES string of the molecule is CCSc1ccccc1C(=O)Nc1nc(-c2ccc(C)cc2C)cs1. The Hall–Kier alpha value is -2.11. The molecular formula is C20H20N2OS2. The lowest BCUT2D eigenvalue weighted by molar-refractivity contribution is 0.102. The number of nitrogens with one attached hydrogen (secondary N) is 1. The lowest BCUT2D eigenvalue weighted by atomic mass is 10.0. The van der Waals surface area contributed by atoms with Gasteiger partial charge in [0.1, 0.15) is 0 Å². The Morgan fingerprint density at radius 1 is 1.20 bits per heavy atom.